The fourth-order valence-corrected chi connectivity index (χ4v) is 6.61. The lowest BCUT2D eigenvalue weighted by molar-refractivity contribution is -0.332. The lowest BCUT2D eigenvalue weighted by Gasteiger charge is -2.42. The van der Waals surface area contributed by atoms with E-state index in [0.29, 0.717) is 13.0 Å². The first-order valence-electron chi connectivity index (χ1n) is 24.1. The molecule has 14 nitrogen and oxygen atoms in total. The molecule has 0 aliphatic carbocycles. The summed E-state index contributed by atoms with van der Waals surface area (Å²) in [7, 11) is 0. The Bertz CT molecular complexity index is 1560. The van der Waals surface area contributed by atoms with E-state index in [1.165, 1.54) is 0 Å². The first-order valence-corrected chi connectivity index (χ1v) is 24.1. The summed E-state index contributed by atoms with van der Waals surface area (Å²) in [6, 6.07) is 0. The predicted octanol–water partition coefficient (Wildman–Crippen LogP) is 6.62. The maximum Gasteiger partial charge on any atom is 0.306 e. The zero-order valence-electron chi connectivity index (χ0n) is 39.8. The van der Waals surface area contributed by atoms with Crippen LogP contribution < -0.4 is 0 Å². The highest BCUT2D eigenvalue weighted by atomic mass is 16.7. The molecule has 378 valence electrons. The molecule has 2 aliphatic heterocycles. The molecule has 11 atom stereocenters. The van der Waals surface area contributed by atoms with Crippen molar-refractivity contribution < 1.29 is 69.0 Å². The van der Waals surface area contributed by atoms with Gasteiger partial charge in [-0.1, -0.05) is 135 Å². The molecular weight excluding hydrogens is 861 g/mol. The summed E-state index contributed by atoms with van der Waals surface area (Å²) in [6.45, 7) is 3.15. The summed E-state index contributed by atoms with van der Waals surface area (Å²) in [6.07, 6.45) is 37.2. The smallest absolute Gasteiger partial charge is 0.306 e. The van der Waals surface area contributed by atoms with E-state index in [9.17, 15) is 40.5 Å². The number of allylic oxidation sites excluding steroid dienone is 20. The molecule has 0 radical (unpaired) electrons. The van der Waals surface area contributed by atoms with Crippen molar-refractivity contribution in [2.24, 2.45) is 0 Å². The zero-order valence-corrected chi connectivity index (χ0v) is 39.8. The number of aliphatic hydroxyl groups is 7. The average molecular weight is 943 g/mol. The fraction of sp³-hybridized carbons (Fsp3) is 0.604. The van der Waals surface area contributed by atoms with Gasteiger partial charge in [0.25, 0.3) is 0 Å². The molecule has 2 aliphatic rings. The Balaban J connectivity index is 1.85. The Morgan fingerprint density at radius 1 is 0.493 bits per heavy atom. The normalized spacial score (nSPS) is 27.2. The van der Waals surface area contributed by atoms with Crippen molar-refractivity contribution in [3.05, 3.63) is 122 Å². The Morgan fingerprint density at radius 2 is 0.896 bits per heavy atom. The van der Waals surface area contributed by atoms with E-state index in [1.807, 2.05) is 12.2 Å². The Hall–Kier alpha value is -3.61. The van der Waals surface area contributed by atoms with Gasteiger partial charge in [-0.15, -0.1) is 0 Å². The van der Waals surface area contributed by atoms with E-state index in [0.717, 1.165) is 77.0 Å². The highest BCUT2D eigenvalue weighted by Crippen LogP contribution is 2.26. The number of esters is 1. The molecule has 67 heavy (non-hydrogen) atoms. The van der Waals surface area contributed by atoms with Gasteiger partial charge in [0.05, 0.1) is 26.4 Å². The zero-order chi connectivity index (χ0) is 48.7. The number of hydrogen-bond acceptors (Lipinski definition) is 14. The minimum atomic E-state index is -1.74. The summed E-state index contributed by atoms with van der Waals surface area (Å²) < 4.78 is 34.0. The molecule has 2 heterocycles. The van der Waals surface area contributed by atoms with Crippen molar-refractivity contribution in [1.82, 2.24) is 0 Å². The molecule has 14 heteroatoms. The van der Waals surface area contributed by atoms with Crippen molar-refractivity contribution in [3.63, 3.8) is 0 Å². The Labute approximate surface area is 399 Å². The van der Waals surface area contributed by atoms with Gasteiger partial charge >= 0.3 is 5.97 Å². The molecule has 11 unspecified atom stereocenters. The second-order valence-corrected chi connectivity index (χ2v) is 16.2. The van der Waals surface area contributed by atoms with Gasteiger partial charge in [-0.05, 0) is 83.5 Å². The number of unbranched alkanes of at least 4 members (excludes halogenated alkanes) is 1. The number of rotatable bonds is 35. The molecule has 2 saturated heterocycles. The van der Waals surface area contributed by atoms with Gasteiger partial charge in [-0.2, -0.15) is 0 Å². The van der Waals surface area contributed by atoms with Gasteiger partial charge in [0.1, 0.15) is 54.9 Å². The molecule has 0 amide bonds. The number of hydrogen-bond donors (Lipinski definition) is 7. The van der Waals surface area contributed by atoms with Crippen molar-refractivity contribution in [3.8, 4) is 0 Å². The monoisotopic (exact) mass is 943 g/mol. The lowest BCUT2D eigenvalue weighted by Crippen LogP contribution is -2.61. The molecule has 0 aromatic rings. The molecule has 7 N–H and O–H groups in total. The quantitative estimate of drug-likeness (QED) is 0.0202. The fourth-order valence-electron chi connectivity index (χ4n) is 6.61. The molecule has 0 spiro atoms. The largest absolute Gasteiger partial charge is 0.457 e. The van der Waals surface area contributed by atoms with Crippen LogP contribution in [-0.2, 0) is 33.2 Å². The van der Waals surface area contributed by atoms with Crippen LogP contribution in [-0.4, -0.2) is 142 Å². The van der Waals surface area contributed by atoms with Crippen molar-refractivity contribution in [2.75, 3.05) is 33.0 Å². The van der Waals surface area contributed by atoms with Crippen LogP contribution in [0.2, 0.25) is 0 Å². The lowest BCUT2D eigenvalue weighted by atomic mass is 9.98. The van der Waals surface area contributed by atoms with Crippen LogP contribution in [0.5, 0.6) is 0 Å². The molecule has 0 aromatic heterocycles. The van der Waals surface area contributed by atoms with Crippen LogP contribution in [0, 0.1) is 0 Å². The molecule has 0 bridgehead atoms. The number of ether oxygens (including phenoxy) is 6. The summed E-state index contributed by atoms with van der Waals surface area (Å²) >= 11 is 0. The number of aliphatic hydroxyl groups excluding tert-OH is 7. The van der Waals surface area contributed by atoms with Gasteiger partial charge in [0.15, 0.2) is 12.6 Å². The van der Waals surface area contributed by atoms with E-state index in [2.05, 4.69) is 123 Å². The minimum absolute atomic E-state index is 0.0168. The third-order valence-corrected chi connectivity index (χ3v) is 10.5. The maximum atomic E-state index is 12.9. The molecule has 0 saturated carbocycles. The topological polar surface area (TPSA) is 214 Å². The standard InChI is InChI=1S/C53H82O14/c1-3-5-7-9-11-13-15-17-18-19-20-21-22-23-25-27-29-31-33-35-37-62-39-42(65-45(55)36-34-32-30-28-26-24-16-14-12-10-8-6-4-2)40-63-52-51(61)49(59)47(57)44(67-52)41-64-53-50(60)48(58)46(56)43(38-54)66-53/h5-8,11-14,17-18,20-21,23-26,29-32,42-44,46-54,56-61H,3-4,9-10,15-16,19,22,27-28,33-41H2,1-2H3/b7-5-,8-6-,13-11-,14-12-,18-17-,21-20-,25-23-,26-24-,31-29-,32-30-. The average Bonchev–Trinajstić information content (AvgIpc) is 3.32. The van der Waals surface area contributed by atoms with Crippen LogP contribution >= 0.6 is 0 Å². The van der Waals surface area contributed by atoms with Crippen LogP contribution in [0.25, 0.3) is 0 Å². The van der Waals surface area contributed by atoms with E-state index in [-0.39, 0.29) is 19.6 Å². The second-order valence-electron chi connectivity index (χ2n) is 16.2. The third kappa shape index (κ3) is 27.2. The number of carbonyl (C=O) groups excluding carboxylic acids is 1. The van der Waals surface area contributed by atoms with Crippen molar-refractivity contribution in [1.29, 1.82) is 0 Å². The predicted molar refractivity (Wildman–Crippen MR) is 260 cm³/mol. The van der Waals surface area contributed by atoms with Gasteiger partial charge < -0.3 is 64.2 Å². The van der Waals surface area contributed by atoms with Crippen LogP contribution in [0.3, 0.4) is 0 Å². The summed E-state index contributed by atoms with van der Waals surface area (Å²) in [5, 5.41) is 72.0. The van der Waals surface area contributed by atoms with Crippen LogP contribution in [0.1, 0.15) is 104 Å². The second kappa shape index (κ2) is 39.3. The SMILES string of the molecule is CC/C=C\C/C=C\C/C=C\C/C=C\C/C=C\C/C=C\CCCOCC(COC1OC(COC2OC(CO)C(O)C(O)C2O)C(O)C(O)C1O)OC(=O)CC/C=C\C/C=C\C/C=C\C/C=C\CC. The Morgan fingerprint density at radius 3 is 1.36 bits per heavy atom. The third-order valence-electron chi connectivity index (χ3n) is 10.5. The van der Waals surface area contributed by atoms with Gasteiger partial charge in [-0.25, -0.2) is 0 Å². The molecule has 0 aromatic carbocycles. The Kier molecular flexibility index (Phi) is 34.9. The number of carbonyl (C=O) groups is 1. The summed E-state index contributed by atoms with van der Waals surface area (Å²) in [5.41, 5.74) is 0. The first-order chi connectivity index (χ1) is 32.6. The van der Waals surface area contributed by atoms with E-state index in [1.54, 1.807) is 0 Å². The van der Waals surface area contributed by atoms with Gasteiger partial charge in [-0.3, -0.25) is 4.79 Å². The highest BCUT2D eigenvalue weighted by Gasteiger charge is 2.47. The molecule has 2 rings (SSSR count). The summed E-state index contributed by atoms with van der Waals surface area (Å²) in [5.74, 6) is -0.482. The summed E-state index contributed by atoms with van der Waals surface area (Å²) in [4.78, 5) is 12.9. The minimum Gasteiger partial charge on any atom is -0.457 e. The van der Waals surface area contributed by atoms with Crippen molar-refractivity contribution >= 4 is 5.97 Å². The van der Waals surface area contributed by atoms with Crippen LogP contribution in [0.4, 0.5) is 0 Å². The van der Waals surface area contributed by atoms with E-state index < -0.39 is 86.7 Å². The first kappa shape index (κ1) is 59.5. The molecule has 2 fully saturated rings. The highest BCUT2D eigenvalue weighted by molar-refractivity contribution is 5.69. The maximum absolute atomic E-state index is 12.9. The van der Waals surface area contributed by atoms with Gasteiger partial charge in [0.2, 0.25) is 0 Å². The van der Waals surface area contributed by atoms with E-state index in [4.69, 9.17) is 28.4 Å². The molecular formula is C53H82O14. The van der Waals surface area contributed by atoms with Crippen LogP contribution in [0.15, 0.2) is 122 Å². The van der Waals surface area contributed by atoms with Gasteiger partial charge in [0, 0.05) is 13.0 Å². The van der Waals surface area contributed by atoms with E-state index >= 15 is 0 Å². The van der Waals surface area contributed by atoms with Crippen molar-refractivity contribution in [2.45, 2.75) is 171 Å².